The highest BCUT2D eigenvalue weighted by Gasteiger charge is 2.15. The molecule has 1 rings (SSSR count). The van der Waals surface area contributed by atoms with E-state index in [0.29, 0.717) is 17.4 Å². The minimum Gasteiger partial charge on any atom is -0.431 e. The van der Waals surface area contributed by atoms with Crippen LogP contribution in [-0.4, -0.2) is 19.5 Å². The molecule has 0 bridgehead atoms. The molecule has 3 nitrogen and oxygen atoms in total. The first-order valence-corrected chi connectivity index (χ1v) is 5.10. The predicted molar refractivity (Wildman–Crippen MR) is 59.4 cm³/mol. The van der Waals surface area contributed by atoms with Crippen LogP contribution in [0, 0.1) is 0 Å². The molecule has 0 N–H and O–H groups in total. The second kappa shape index (κ2) is 6.77. The summed E-state index contributed by atoms with van der Waals surface area (Å²) in [5.74, 6) is -1.02. The molecule has 0 unspecified atom stereocenters. The minimum absolute atomic E-state index is 0.379. The lowest BCUT2D eigenvalue weighted by molar-refractivity contribution is -0.104. The molecular formula is C12H10F4O3. The fourth-order valence-electron chi connectivity index (χ4n) is 1.33. The van der Waals surface area contributed by atoms with Gasteiger partial charge in [0.1, 0.15) is 6.29 Å². The van der Waals surface area contributed by atoms with E-state index in [1.165, 1.54) is 12.1 Å². The summed E-state index contributed by atoms with van der Waals surface area (Å²) in [5, 5.41) is 0. The van der Waals surface area contributed by atoms with Gasteiger partial charge in [0.05, 0.1) is 0 Å². The number of carbonyl (C=O) groups excluding carboxylic acids is 1. The number of alkyl halides is 4. The highest BCUT2D eigenvalue weighted by atomic mass is 19.3. The van der Waals surface area contributed by atoms with Crippen molar-refractivity contribution in [2.45, 2.75) is 20.1 Å². The zero-order valence-corrected chi connectivity index (χ0v) is 9.78. The third-order valence-corrected chi connectivity index (χ3v) is 2.15. The van der Waals surface area contributed by atoms with Crippen LogP contribution in [-0.2, 0) is 4.79 Å². The third kappa shape index (κ3) is 4.61. The first-order chi connectivity index (χ1) is 8.93. The fourth-order valence-corrected chi connectivity index (χ4v) is 1.33. The molecule has 0 saturated carbocycles. The van der Waals surface area contributed by atoms with Gasteiger partial charge in [0.15, 0.2) is 11.5 Å². The van der Waals surface area contributed by atoms with Gasteiger partial charge < -0.3 is 9.47 Å². The van der Waals surface area contributed by atoms with Gasteiger partial charge in [0.2, 0.25) is 0 Å². The van der Waals surface area contributed by atoms with E-state index in [1.54, 1.807) is 6.92 Å². The van der Waals surface area contributed by atoms with Crippen LogP contribution in [0.15, 0.2) is 24.3 Å². The molecule has 0 amide bonds. The summed E-state index contributed by atoms with van der Waals surface area (Å²) in [5.41, 5.74) is 0.849. The highest BCUT2D eigenvalue weighted by Crippen LogP contribution is 2.33. The second-order valence-electron chi connectivity index (χ2n) is 3.40. The lowest BCUT2D eigenvalue weighted by atomic mass is 10.1. The number of rotatable bonds is 6. The monoisotopic (exact) mass is 278 g/mol. The van der Waals surface area contributed by atoms with Crippen LogP contribution < -0.4 is 9.47 Å². The summed E-state index contributed by atoms with van der Waals surface area (Å²) in [4.78, 5) is 10.3. The molecule has 19 heavy (non-hydrogen) atoms. The number of benzene rings is 1. The van der Waals surface area contributed by atoms with Crippen molar-refractivity contribution in [3.05, 3.63) is 29.8 Å². The molecule has 1 aromatic carbocycles. The van der Waals surface area contributed by atoms with E-state index in [4.69, 9.17) is 0 Å². The molecule has 0 fully saturated rings. The van der Waals surface area contributed by atoms with Crippen molar-refractivity contribution < 1.29 is 31.8 Å². The van der Waals surface area contributed by atoms with Crippen molar-refractivity contribution in [1.29, 1.82) is 0 Å². The van der Waals surface area contributed by atoms with Gasteiger partial charge >= 0.3 is 13.2 Å². The minimum atomic E-state index is -3.18. The Bertz CT molecular complexity index is 472. The Morgan fingerprint density at radius 2 is 1.68 bits per heavy atom. The van der Waals surface area contributed by atoms with Gasteiger partial charge in [-0.3, -0.25) is 4.79 Å². The maximum absolute atomic E-state index is 12.2. The molecule has 0 aliphatic heterocycles. The van der Waals surface area contributed by atoms with Crippen LogP contribution in [0.5, 0.6) is 11.5 Å². The molecule has 0 aliphatic rings. The lowest BCUT2D eigenvalue weighted by Gasteiger charge is -2.13. The number of hydrogen-bond acceptors (Lipinski definition) is 3. The van der Waals surface area contributed by atoms with Crippen LogP contribution in [0.4, 0.5) is 17.6 Å². The maximum Gasteiger partial charge on any atom is 0.387 e. The zero-order chi connectivity index (χ0) is 14.4. The Morgan fingerprint density at radius 1 is 1.11 bits per heavy atom. The normalized spacial score (nSPS) is 11.8. The lowest BCUT2D eigenvalue weighted by Crippen LogP contribution is -2.07. The maximum atomic E-state index is 12.2. The zero-order valence-electron chi connectivity index (χ0n) is 9.78. The van der Waals surface area contributed by atoms with Crippen molar-refractivity contribution in [1.82, 2.24) is 0 Å². The van der Waals surface area contributed by atoms with Crippen molar-refractivity contribution >= 4 is 11.9 Å². The molecule has 0 saturated heterocycles. The Labute approximate surface area is 106 Å². The van der Waals surface area contributed by atoms with Crippen molar-refractivity contribution in [3.8, 4) is 11.5 Å². The van der Waals surface area contributed by atoms with Crippen molar-refractivity contribution in [2.24, 2.45) is 0 Å². The molecule has 104 valence electrons. The number of allylic oxidation sites excluding steroid dienone is 2. The van der Waals surface area contributed by atoms with Gasteiger partial charge in [0.25, 0.3) is 0 Å². The third-order valence-electron chi connectivity index (χ3n) is 2.15. The van der Waals surface area contributed by atoms with Crippen molar-refractivity contribution in [2.75, 3.05) is 0 Å². The van der Waals surface area contributed by atoms with Crippen LogP contribution in [0.2, 0.25) is 0 Å². The summed E-state index contributed by atoms with van der Waals surface area (Å²) < 4.78 is 56.7. The Hall–Kier alpha value is -2.05. The quantitative estimate of drug-likeness (QED) is 0.454. The van der Waals surface area contributed by atoms with E-state index in [1.807, 2.05) is 0 Å². The smallest absolute Gasteiger partial charge is 0.387 e. The van der Waals surface area contributed by atoms with E-state index in [9.17, 15) is 22.4 Å². The summed E-state index contributed by atoms with van der Waals surface area (Å²) in [7, 11) is 0. The summed E-state index contributed by atoms with van der Waals surface area (Å²) in [6, 6.07) is 3.52. The fraction of sp³-hybridized carbons (Fsp3) is 0.250. The predicted octanol–water partition coefficient (Wildman–Crippen LogP) is 3.49. The number of hydrogen-bond donors (Lipinski definition) is 0. The van der Waals surface area contributed by atoms with E-state index in [-0.39, 0.29) is 0 Å². The van der Waals surface area contributed by atoms with Crippen LogP contribution in [0.3, 0.4) is 0 Å². The Kier molecular flexibility index (Phi) is 5.35. The average molecular weight is 278 g/mol. The van der Waals surface area contributed by atoms with Crippen LogP contribution >= 0.6 is 0 Å². The Balaban J connectivity index is 3.14. The van der Waals surface area contributed by atoms with Crippen molar-refractivity contribution in [3.63, 3.8) is 0 Å². The van der Waals surface area contributed by atoms with E-state index >= 15 is 0 Å². The van der Waals surface area contributed by atoms with Gasteiger partial charge in [-0.05, 0) is 36.3 Å². The number of carbonyl (C=O) groups is 1. The molecule has 0 aromatic heterocycles. The molecule has 0 atom stereocenters. The first kappa shape index (κ1) is 15.0. The van der Waals surface area contributed by atoms with Crippen LogP contribution in [0.25, 0.3) is 5.57 Å². The van der Waals surface area contributed by atoms with E-state index in [0.717, 1.165) is 12.1 Å². The molecular weight excluding hydrogens is 268 g/mol. The van der Waals surface area contributed by atoms with E-state index in [2.05, 4.69) is 9.47 Å². The number of halogens is 4. The highest BCUT2D eigenvalue weighted by molar-refractivity contribution is 5.81. The summed E-state index contributed by atoms with van der Waals surface area (Å²) >= 11 is 0. The Morgan fingerprint density at radius 3 is 2.21 bits per heavy atom. The molecule has 0 aliphatic carbocycles. The summed E-state index contributed by atoms with van der Waals surface area (Å²) in [6.45, 7) is -4.77. The molecule has 7 heteroatoms. The first-order valence-electron chi connectivity index (χ1n) is 5.10. The van der Waals surface area contributed by atoms with Gasteiger partial charge in [-0.1, -0.05) is 6.07 Å². The summed E-state index contributed by atoms with van der Waals surface area (Å²) in [6.07, 6.45) is 1.72. The average Bonchev–Trinajstić information content (AvgIpc) is 2.30. The molecule has 0 radical (unpaired) electrons. The molecule has 0 heterocycles. The number of ether oxygens (including phenoxy) is 2. The number of aldehydes is 1. The molecule has 1 aromatic rings. The van der Waals surface area contributed by atoms with Gasteiger partial charge in [-0.25, -0.2) is 0 Å². The standard InChI is InChI=1S/C12H10F4O3/c1-7(4-5-17)8-2-3-9(18-11(13)14)10(6-8)19-12(15)16/h2-6,11-12H,1H3. The van der Waals surface area contributed by atoms with Gasteiger partial charge in [0, 0.05) is 0 Å². The van der Waals surface area contributed by atoms with E-state index < -0.39 is 24.7 Å². The van der Waals surface area contributed by atoms with Gasteiger partial charge in [-0.2, -0.15) is 17.6 Å². The SMILES string of the molecule is CC(=CC=O)c1ccc(OC(F)F)c(OC(F)F)c1. The second-order valence-corrected chi connectivity index (χ2v) is 3.40. The van der Waals surface area contributed by atoms with Gasteiger partial charge in [-0.15, -0.1) is 0 Å². The van der Waals surface area contributed by atoms with Crippen LogP contribution in [0.1, 0.15) is 12.5 Å². The topological polar surface area (TPSA) is 35.5 Å². The molecule has 0 spiro atoms. The largest absolute Gasteiger partial charge is 0.431 e.